The maximum atomic E-state index is 5.56. The van der Waals surface area contributed by atoms with Crippen LogP contribution in [-0.2, 0) is 0 Å². The molecule has 2 nitrogen and oxygen atoms in total. The second-order valence-electron chi connectivity index (χ2n) is 4.15. The van der Waals surface area contributed by atoms with Gasteiger partial charge in [0.05, 0.1) is 0 Å². The number of nitrogens with two attached hydrogens (primary N) is 1. The lowest BCUT2D eigenvalue weighted by molar-refractivity contribution is 0.702. The predicted molar refractivity (Wildman–Crippen MR) is 66.0 cm³/mol. The second kappa shape index (κ2) is 5.40. The smallest absolute Gasteiger partial charge is 0.123 e. The van der Waals surface area contributed by atoms with Gasteiger partial charge in [-0.1, -0.05) is 25.7 Å². The fourth-order valence-corrected chi connectivity index (χ4v) is 3.23. The molecule has 0 aliphatic heterocycles. The number of rotatable bonds is 2. The molecule has 0 saturated heterocycles. The molecule has 0 amide bonds. The van der Waals surface area contributed by atoms with Crippen molar-refractivity contribution >= 4 is 17.6 Å². The van der Waals surface area contributed by atoms with Crippen molar-refractivity contribution in [2.24, 2.45) is 0 Å². The highest BCUT2D eigenvalue weighted by Crippen LogP contribution is 2.32. The molecule has 0 atom stereocenters. The van der Waals surface area contributed by atoms with Gasteiger partial charge in [0, 0.05) is 16.3 Å². The van der Waals surface area contributed by atoms with Crippen LogP contribution in [0.5, 0.6) is 0 Å². The fourth-order valence-electron chi connectivity index (χ4n) is 2.01. The third-order valence-corrected chi connectivity index (χ3v) is 4.18. The number of anilines is 1. The molecule has 1 fully saturated rings. The Bertz CT molecular complexity index is 289. The van der Waals surface area contributed by atoms with E-state index in [1.165, 1.54) is 43.4 Å². The first-order valence-corrected chi connectivity index (χ1v) is 6.61. The minimum absolute atomic E-state index is 0.611. The summed E-state index contributed by atoms with van der Waals surface area (Å²) in [6.07, 6.45) is 10.2. The van der Waals surface area contributed by atoms with Crippen molar-refractivity contribution in [1.29, 1.82) is 0 Å². The van der Waals surface area contributed by atoms with Crippen molar-refractivity contribution in [1.82, 2.24) is 4.98 Å². The molecule has 0 bridgehead atoms. The van der Waals surface area contributed by atoms with Gasteiger partial charge in [0.1, 0.15) is 5.82 Å². The molecule has 2 rings (SSSR count). The molecule has 2 N–H and O–H groups in total. The van der Waals surface area contributed by atoms with Gasteiger partial charge in [0.15, 0.2) is 0 Å². The van der Waals surface area contributed by atoms with Crippen molar-refractivity contribution in [3.8, 4) is 0 Å². The van der Waals surface area contributed by atoms with Crippen LogP contribution in [0.15, 0.2) is 23.2 Å². The van der Waals surface area contributed by atoms with Crippen LogP contribution in [0, 0.1) is 0 Å². The van der Waals surface area contributed by atoms with Gasteiger partial charge in [-0.3, -0.25) is 0 Å². The molecular weight excluding hydrogens is 204 g/mol. The molecule has 1 saturated carbocycles. The van der Waals surface area contributed by atoms with Gasteiger partial charge < -0.3 is 5.73 Å². The monoisotopic (exact) mass is 222 g/mol. The van der Waals surface area contributed by atoms with Crippen LogP contribution >= 0.6 is 11.8 Å². The molecule has 82 valence electrons. The lowest BCUT2D eigenvalue weighted by atomic mass is 10.2. The van der Waals surface area contributed by atoms with E-state index in [-0.39, 0.29) is 0 Å². The quantitative estimate of drug-likeness (QED) is 0.779. The summed E-state index contributed by atoms with van der Waals surface area (Å²) in [5.41, 5.74) is 5.56. The Morgan fingerprint density at radius 1 is 1.13 bits per heavy atom. The van der Waals surface area contributed by atoms with Crippen LogP contribution in [-0.4, -0.2) is 10.2 Å². The van der Waals surface area contributed by atoms with Gasteiger partial charge in [0.25, 0.3) is 0 Å². The summed E-state index contributed by atoms with van der Waals surface area (Å²) in [7, 11) is 0. The summed E-state index contributed by atoms with van der Waals surface area (Å²) in [5, 5.41) is 0.790. The minimum Gasteiger partial charge on any atom is -0.384 e. The Kier molecular flexibility index (Phi) is 3.89. The summed E-state index contributed by atoms with van der Waals surface area (Å²) in [6, 6.07) is 3.97. The van der Waals surface area contributed by atoms with E-state index in [0.29, 0.717) is 5.82 Å². The van der Waals surface area contributed by atoms with Crippen molar-refractivity contribution in [3.63, 3.8) is 0 Å². The minimum atomic E-state index is 0.611. The van der Waals surface area contributed by atoms with Crippen molar-refractivity contribution < 1.29 is 0 Å². The molecule has 0 aromatic carbocycles. The van der Waals surface area contributed by atoms with Crippen LogP contribution in [0.4, 0.5) is 5.82 Å². The van der Waals surface area contributed by atoms with Gasteiger partial charge in [-0.15, -0.1) is 11.8 Å². The van der Waals surface area contributed by atoms with Gasteiger partial charge in [0.2, 0.25) is 0 Å². The highest BCUT2D eigenvalue weighted by atomic mass is 32.2. The van der Waals surface area contributed by atoms with E-state index >= 15 is 0 Å². The first kappa shape index (κ1) is 10.8. The molecule has 1 heterocycles. The van der Waals surface area contributed by atoms with E-state index in [9.17, 15) is 0 Å². The fraction of sp³-hybridized carbons (Fsp3) is 0.583. The van der Waals surface area contributed by atoms with Crippen LogP contribution in [0.2, 0.25) is 0 Å². The third kappa shape index (κ3) is 3.42. The summed E-state index contributed by atoms with van der Waals surface area (Å²) < 4.78 is 0. The molecule has 15 heavy (non-hydrogen) atoms. The molecule has 0 unspecified atom stereocenters. The lowest BCUT2D eigenvalue weighted by Gasteiger charge is -2.12. The maximum Gasteiger partial charge on any atom is 0.123 e. The highest BCUT2D eigenvalue weighted by molar-refractivity contribution is 8.00. The Morgan fingerprint density at radius 3 is 2.47 bits per heavy atom. The number of aromatic nitrogens is 1. The topological polar surface area (TPSA) is 38.9 Å². The maximum absolute atomic E-state index is 5.56. The number of nitrogens with zero attached hydrogens (tertiary/aromatic N) is 1. The number of hydrogen-bond acceptors (Lipinski definition) is 3. The van der Waals surface area contributed by atoms with Crippen LogP contribution in [0.25, 0.3) is 0 Å². The van der Waals surface area contributed by atoms with E-state index < -0.39 is 0 Å². The van der Waals surface area contributed by atoms with E-state index in [1.54, 1.807) is 0 Å². The molecule has 1 aliphatic carbocycles. The predicted octanol–water partition coefficient (Wildman–Crippen LogP) is 3.48. The third-order valence-electron chi connectivity index (χ3n) is 2.86. The Labute approximate surface area is 95.7 Å². The number of thioether (sulfide) groups is 1. The standard InChI is InChI=1S/C12H18N2S/c13-12-8-7-11(9-14-12)15-10-5-3-1-2-4-6-10/h7-10H,1-6H2,(H2,13,14). The molecule has 1 aliphatic rings. The van der Waals surface area contributed by atoms with Gasteiger partial charge in [-0.05, 0) is 25.0 Å². The second-order valence-corrected chi connectivity index (χ2v) is 5.52. The molecule has 1 aromatic heterocycles. The normalized spacial score (nSPS) is 18.7. The molecular formula is C12H18N2S. The van der Waals surface area contributed by atoms with Gasteiger partial charge >= 0.3 is 0 Å². The van der Waals surface area contributed by atoms with Gasteiger partial charge in [-0.25, -0.2) is 4.98 Å². The van der Waals surface area contributed by atoms with Crippen LogP contribution in [0.3, 0.4) is 0 Å². The van der Waals surface area contributed by atoms with E-state index in [2.05, 4.69) is 11.1 Å². The number of pyridine rings is 1. The van der Waals surface area contributed by atoms with Crippen molar-refractivity contribution in [3.05, 3.63) is 18.3 Å². The molecule has 0 radical (unpaired) electrons. The van der Waals surface area contributed by atoms with Crippen molar-refractivity contribution in [2.75, 3.05) is 5.73 Å². The summed E-state index contributed by atoms with van der Waals surface area (Å²) >= 11 is 1.97. The average Bonchev–Trinajstić information content (AvgIpc) is 2.50. The Balaban J connectivity index is 1.92. The van der Waals surface area contributed by atoms with Crippen molar-refractivity contribution in [2.45, 2.75) is 48.7 Å². The van der Waals surface area contributed by atoms with Crippen LogP contribution in [0.1, 0.15) is 38.5 Å². The molecule has 3 heteroatoms. The Morgan fingerprint density at radius 2 is 1.87 bits per heavy atom. The van der Waals surface area contributed by atoms with E-state index in [1.807, 2.05) is 24.0 Å². The summed E-state index contributed by atoms with van der Waals surface area (Å²) in [6.45, 7) is 0. The summed E-state index contributed by atoms with van der Waals surface area (Å²) in [5.74, 6) is 0.611. The SMILES string of the molecule is Nc1ccc(SC2CCCCCC2)cn1. The average molecular weight is 222 g/mol. The number of nitrogen functional groups attached to an aromatic ring is 1. The largest absolute Gasteiger partial charge is 0.384 e. The van der Waals surface area contributed by atoms with Crippen LogP contribution < -0.4 is 5.73 Å². The molecule has 0 spiro atoms. The first-order chi connectivity index (χ1) is 7.34. The lowest BCUT2D eigenvalue weighted by Crippen LogP contribution is -2.00. The Hall–Kier alpha value is -0.700. The molecule has 1 aromatic rings. The highest BCUT2D eigenvalue weighted by Gasteiger charge is 2.13. The first-order valence-electron chi connectivity index (χ1n) is 5.73. The number of hydrogen-bond donors (Lipinski definition) is 1. The summed E-state index contributed by atoms with van der Waals surface area (Å²) in [4.78, 5) is 5.39. The zero-order chi connectivity index (χ0) is 10.5. The zero-order valence-electron chi connectivity index (χ0n) is 8.98. The zero-order valence-corrected chi connectivity index (χ0v) is 9.80. The van der Waals surface area contributed by atoms with E-state index in [4.69, 9.17) is 5.73 Å². The van der Waals surface area contributed by atoms with E-state index in [0.717, 1.165) is 5.25 Å². The van der Waals surface area contributed by atoms with Gasteiger partial charge in [-0.2, -0.15) is 0 Å².